The third-order valence-corrected chi connectivity index (χ3v) is 5.31. The first-order valence-electron chi connectivity index (χ1n) is 7.74. The Morgan fingerprint density at radius 2 is 1.86 bits per heavy atom. The van der Waals surface area contributed by atoms with Crippen molar-refractivity contribution < 1.29 is 8.78 Å². The fourth-order valence-corrected chi connectivity index (χ4v) is 4.37. The van der Waals surface area contributed by atoms with Crippen LogP contribution in [0.25, 0.3) is 0 Å². The number of rotatable bonds is 1. The van der Waals surface area contributed by atoms with Gasteiger partial charge in [-0.15, -0.1) is 0 Å². The summed E-state index contributed by atoms with van der Waals surface area (Å²) in [6, 6.07) is 2.33. The Morgan fingerprint density at radius 1 is 1.10 bits per heavy atom. The van der Waals surface area contributed by atoms with Gasteiger partial charge in [0.05, 0.1) is 5.69 Å². The van der Waals surface area contributed by atoms with Crippen LogP contribution in [0.1, 0.15) is 38.5 Å². The Labute approximate surface area is 133 Å². The topological polar surface area (TPSA) is 15.3 Å². The minimum Gasteiger partial charge on any atom is -0.366 e. The van der Waals surface area contributed by atoms with Crippen LogP contribution in [0.2, 0.25) is 0 Å². The van der Waals surface area contributed by atoms with Gasteiger partial charge in [0.15, 0.2) is 5.82 Å². The van der Waals surface area contributed by atoms with Crippen LogP contribution in [0.5, 0.6) is 0 Å². The van der Waals surface area contributed by atoms with Gasteiger partial charge in [-0.2, -0.15) is 0 Å². The zero-order valence-corrected chi connectivity index (χ0v) is 13.7. The van der Waals surface area contributed by atoms with Crippen molar-refractivity contribution >= 4 is 21.6 Å². The first-order chi connectivity index (χ1) is 10.1. The molecule has 1 aromatic rings. The number of benzene rings is 1. The van der Waals surface area contributed by atoms with E-state index in [-0.39, 0.29) is 5.54 Å². The first-order valence-corrected chi connectivity index (χ1v) is 8.53. The summed E-state index contributed by atoms with van der Waals surface area (Å²) in [7, 11) is 0. The highest BCUT2D eigenvalue weighted by Crippen LogP contribution is 2.36. The van der Waals surface area contributed by atoms with Gasteiger partial charge in [0, 0.05) is 29.2 Å². The van der Waals surface area contributed by atoms with Crippen molar-refractivity contribution in [2.75, 3.05) is 24.5 Å². The van der Waals surface area contributed by atoms with Gasteiger partial charge in [0.2, 0.25) is 0 Å². The molecular formula is C16H21BrF2N2. The van der Waals surface area contributed by atoms with Gasteiger partial charge in [-0.05, 0) is 47.8 Å². The standard InChI is InChI=1S/C16H21BrF2N2/c17-13-9-12(18)10-14(19)15(13)21-8-4-7-20-16(11-21)5-2-1-3-6-16/h9-10,20H,1-8,11H2. The lowest BCUT2D eigenvalue weighted by atomic mass is 9.81. The highest BCUT2D eigenvalue weighted by Gasteiger charge is 2.36. The van der Waals surface area contributed by atoms with Crippen molar-refractivity contribution in [1.29, 1.82) is 0 Å². The Bertz CT molecular complexity index is 492. The van der Waals surface area contributed by atoms with E-state index in [9.17, 15) is 8.78 Å². The number of hydrogen-bond donors (Lipinski definition) is 1. The van der Waals surface area contributed by atoms with E-state index < -0.39 is 11.6 Å². The molecular weight excluding hydrogens is 338 g/mol. The Morgan fingerprint density at radius 3 is 2.57 bits per heavy atom. The van der Waals surface area contributed by atoms with Crippen molar-refractivity contribution in [3.8, 4) is 0 Å². The van der Waals surface area contributed by atoms with Crippen LogP contribution in [0, 0.1) is 11.6 Å². The predicted octanol–water partition coefficient (Wildman–Crippen LogP) is 4.23. The molecule has 2 aliphatic rings. The molecule has 2 nitrogen and oxygen atoms in total. The normalized spacial score (nSPS) is 22.3. The summed E-state index contributed by atoms with van der Waals surface area (Å²) in [6.07, 6.45) is 7.01. The fourth-order valence-electron chi connectivity index (χ4n) is 3.71. The second kappa shape index (κ2) is 6.21. The van der Waals surface area contributed by atoms with Gasteiger partial charge in [-0.3, -0.25) is 0 Å². The summed E-state index contributed by atoms with van der Waals surface area (Å²) in [5.74, 6) is -1.02. The number of anilines is 1. The van der Waals surface area contributed by atoms with Crippen LogP contribution >= 0.6 is 15.9 Å². The molecule has 1 aliphatic heterocycles. The summed E-state index contributed by atoms with van der Waals surface area (Å²) in [6.45, 7) is 2.57. The van der Waals surface area contributed by atoms with Crippen LogP contribution in [-0.2, 0) is 0 Å². The monoisotopic (exact) mass is 358 g/mol. The third kappa shape index (κ3) is 3.24. The molecule has 5 heteroatoms. The van der Waals surface area contributed by atoms with E-state index in [2.05, 4.69) is 26.1 Å². The van der Waals surface area contributed by atoms with Gasteiger partial charge in [0.25, 0.3) is 0 Å². The maximum absolute atomic E-state index is 14.3. The van der Waals surface area contributed by atoms with Crippen molar-refractivity contribution in [2.24, 2.45) is 0 Å². The molecule has 0 unspecified atom stereocenters. The SMILES string of the molecule is Fc1cc(F)c(N2CCCNC3(CCCCC3)C2)c(Br)c1. The maximum Gasteiger partial charge on any atom is 0.150 e. The average molecular weight is 359 g/mol. The van der Waals surface area contributed by atoms with Crippen LogP contribution in [0.15, 0.2) is 16.6 Å². The van der Waals surface area contributed by atoms with E-state index in [4.69, 9.17) is 0 Å². The highest BCUT2D eigenvalue weighted by atomic mass is 79.9. The summed E-state index contributed by atoms with van der Waals surface area (Å²) in [5, 5.41) is 3.69. The van der Waals surface area contributed by atoms with Crippen LogP contribution < -0.4 is 10.2 Å². The number of nitrogens with zero attached hydrogens (tertiary/aromatic N) is 1. The molecule has 1 saturated heterocycles. The lowest BCUT2D eigenvalue weighted by Gasteiger charge is -2.40. The van der Waals surface area contributed by atoms with Crippen LogP contribution in [0.3, 0.4) is 0 Å². The van der Waals surface area contributed by atoms with Crippen molar-refractivity contribution in [3.05, 3.63) is 28.2 Å². The molecule has 116 valence electrons. The number of halogens is 3. The van der Waals surface area contributed by atoms with E-state index in [0.717, 1.165) is 45.0 Å². The van der Waals surface area contributed by atoms with E-state index in [1.54, 1.807) is 0 Å². The van der Waals surface area contributed by atoms with Crippen molar-refractivity contribution in [1.82, 2.24) is 5.32 Å². The maximum atomic E-state index is 14.3. The molecule has 0 bridgehead atoms. The summed E-state index contributed by atoms with van der Waals surface area (Å²) in [5.41, 5.74) is 0.597. The van der Waals surface area contributed by atoms with Gasteiger partial charge in [-0.25, -0.2) is 8.78 Å². The quantitative estimate of drug-likeness (QED) is 0.807. The minimum atomic E-state index is -0.538. The second-order valence-electron chi connectivity index (χ2n) is 6.26. The molecule has 1 saturated carbocycles. The Hall–Kier alpha value is -0.680. The van der Waals surface area contributed by atoms with Gasteiger partial charge >= 0.3 is 0 Å². The molecule has 1 N–H and O–H groups in total. The third-order valence-electron chi connectivity index (χ3n) is 4.71. The van der Waals surface area contributed by atoms with Gasteiger partial charge in [-0.1, -0.05) is 19.3 Å². The van der Waals surface area contributed by atoms with Crippen LogP contribution in [0.4, 0.5) is 14.5 Å². The zero-order chi connectivity index (χ0) is 14.9. The zero-order valence-electron chi connectivity index (χ0n) is 12.1. The van der Waals surface area contributed by atoms with Gasteiger partial charge in [0.1, 0.15) is 5.82 Å². The molecule has 0 radical (unpaired) electrons. The fraction of sp³-hybridized carbons (Fsp3) is 0.625. The molecule has 0 atom stereocenters. The number of nitrogens with one attached hydrogen (secondary N) is 1. The first kappa shape index (κ1) is 15.2. The van der Waals surface area contributed by atoms with Gasteiger partial charge < -0.3 is 10.2 Å². The summed E-state index contributed by atoms with van der Waals surface area (Å²) in [4.78, 5) is 2.09. The predicted molar refractivity (Wildman–Crippen MR) is 84.7 cm³/mol. The largest absolute Gasteiger partial charge is 0.366 e. The van der Waals surface area contributed by atoms with Crippen molar-refractivity contribution in [3.63, 3.8) is 0 Å². The Balaban J connectivity index is 1.90. The molecule has 2 fully saturated rings. The van der Waals surface area contributed by atoms with E-state index in [1.165, 1.54) is 25.3 Å². The average Bonchev–Trinajstić information content (AvgIpc) is 2.61. The van der Waals surface area contributed by atoms with E-state index in [0.29, 0.717) is 10.2 Å². The highest BCUT2D eigenvalue weighted by molar-refractivity contribution is 9.10. The van der Waals surface area contributed by atoms with Crippen molar-refractivity contribution in [2.45, 2.75) is 44.1 Å². The Kier molecular flexibility index (Phi) is 4.50. The summed E-state index contributed by atoms with van der Waals surface area (Å²) < 4.78 is 28.1. The molecule has 21 heavy (non-hydrogen) atoms. The molecule has 1 aliphatic carbocycles. The minimum absolute atomic E-state index is 0.0923. The number of hydrogen-bond acceptors (Lipinski definition) is 2. The molecule has 1 heterocycles. The van der Waals surface area contributed by atoms with E-state index in [1.807, 2.05) is 0 Å². The van der Waals surface area contributed by atoms with Crippen LogP contribution in [-0.4, -0.2) is 25.2 Å². The molecule has 1 aromatic carbocycles. The molecule has 1 spiro atoms. The summed E-state index contributed by atoms with van der Waals surface area (Å²) >= 11 is 3.33. The smallest absolute Gasteiger partial charge is 0.150 e. The molecule has 3 rings (SSSR count). The molecule has 0 aromatic heterocycles. The van der Waals surface area contributed by atoms with E-state index >= 15 is 0 Å². The lowest BCUT2D eigenvalue weighted by molar-refractivity contribution is 0.246. The molecule has 0 amide bonds. The second-order valence-corrected chi connectivity index (χ2v) is 7.12. The lowest BCUT2D eigenvalue weighted by Crippen LogP contribution is -2.52.